The number of halogens is 2. The van der Waals surface area contributed by atoms with Crippen molar-refractivity contribution in [2.45, 2.75) is 52.3 Å². The standard InChI is InChI=1S/C22H30F2N4O5/c1-22(2,3)12-28(14-5-6-14)18(19(25)30)20(31)26-13-4-7-15(16(10-13)33-21(23)24)27-8-9-32-11-17(27)29/h4,7,10,14,18,21H,5-6,8-9,11-12H2,1-3H3,(H2,25,30)(H,26,31)/t18-/m1/s1. The average Bonchev–Trinajstić information content (AvgIpc) is 3.52. The van der Waals surface area contributed by atoms with Gasteiger partial charge in [0.15, 0.2) is 11.8 Å². The average molecular weight is 469 g/mol. The smallest absolute Gasteiger partial charge is 0.387 e. The summed E-state index contributed by atoms with van der Waals surface area (Å²) in [5.74, 6) is -2.12. The minimum Gasteiger partial charge on any atom is -0.433 e. The number of benzene rings is 1. The highest BCUT2D eigenvalue weighted by atomic mass is 19.3. The minimum atomic E-state index is -3.14. The number of hydrogen-bond donors (Lipinski definition) is 2. The Kier molecular flexibility index (Phi) is 7.53. The fourth-order valence-electron chi connectivity index (χ4n) is 3.82. The summed E-state index contributed by atoms with van der Waals surface area (Å²) in [6.45, 7) is 3.60. The van der Waals surface area contributed by atoms with Crippen LogP contribution in [0, 0.1) is 5.41 Å². The number of ether oxygens (including phenoxy) is 2. The van der Waals surface area contributed by atoms with Crippen LogP contribution < -0.4 is 20.7 Å². The zero-order valence-electron chi connectivity index (χ0n) is 19.0. The van der Waals surface area contributed by atoms with E-state index in [9.17, 15) is 23.2 Å². The lowest BCUT2D eigenvalue weighted by Gasteiger charge is -2.34. The summed E-state index contributed by atoms with van der Waals surface area (Å²) >= 11 is 0. The fourth-order valence-corrected chi connectivity index (χ4v) is 3.82. The van der Waals surface area contributed by atoms with E-state index >= 15 is 0 Å². The van der Waals surface area contributed by atoms with Crippen molar-refractivity contribution in [1.82, 2.24) is 4.90 Å². The Balaban J connectivity index is 1.85. The van der Waals surface area contributed by atoms with Crippen LogP contribution in [0.2, 0.25) is 0 Å². The van der Waals surface area contributed by atoms with Crippen LogP contribution in [0.25, 0.3) is 0 Å². The predicted octanol–water partition coefficient (Wildman–Crippen LogP) is 1.95. The van der Waals surface area contributed by atoms with Crippen molar-refractivity contribution in [2.75, 3.05) is 36.5 Å². The SMILES string of the molecule is CC(C)(C)CN(C1CC1)[C@H](C(N)=O)C(=O)Nc1ccc(N2CCOCC2=O)c(OC(F)F)c1. The Morgan fingerprint density at radius 3 is 2.58 bits per heavy atom. The summed E-state index contributed by atoms with van der Waals surface area (Å²) in [4.78, 5) is 40.5. The summed E-state index contributed by atoms with van der Waals surface area (Å²) in [5, 5.41) is 2.59. The van der Waals surface area contributed by atoms with Crippen LogP contribution in [0.1, 0.15) is 33.6 Å². The van der Waals surface area contributed by atoms with Crippen LogP contribution in [0.5, 0.6) is 5.75 Å². The van der Waals surface area contributed by atoms with Gasteiger partial charge in [-0.15, -0.1) is 0 Å². The van der Waals surface area contributed by atoms with Gasteiger partial charge in [0, 0.05) is 30.9 Å². The fraction of sp³-hybridized carbons (Fsp3) is 0.591. The summed E-state index contributed by atoms with van der Waals surface area (Å²) in [6.07, 6.45) is 1.73. The number of nitrogens with two attached hydrogens (primary N) is 1. The Morgan fingerprint density at radius 1 is 1.33 bits per heavy atom. The number of carbonyl (C=O) groups is 3. The number of anilines is 2. The first-order chi connectivity index (χ1) is 15.5. The Labute approximate surface area is 191 Å². The molecule has 1 atom stereocenters. The first kappa shape index (κ1) is 24.8. The van der Waals surface area contributed by atoms with Gasteiger partial charge in [-0.2, -0.15) is 8.78 Å². The quantitative estimate of drug-likeness (QED) is 0.536. The van der Waals surface area contributed by atoms with Gasteiger partial charge in [0.05, 0.1) is 12.3 Å². The third kappa shape index (κ3) is 6.61. The molecule has 2 fully saturated rings. The van der Waals surface area contributed by atoms with E-state index in [4.69, 9.17) is 10.5 Å². The molecule has 0 bridgehead atoms. The predicted molar refractivity (Wildman–Crippen MR) is 117 cm³/mol. The summed E-state index contributed by atoms with van der Waals surface area (Å²) in [5.41, 5.74) is 5.68. The number of hydrogen-bond acceptors (Lipinski definition) is 6. The van der Waals surface area contributed by atoms with Crippen molar-refractivity contribution in [1.29, 1.82) is 0 Å². The number of nitrogens with zero attached hydrogens (tertiary/aromatic N) is 2. The molecule has 1 saturated carbocycles. The van der Waals surface area contributed by atoms with Crippen molar-refractivity contribution in [3.8, 4) is 5.75 Å². The zero-order chi connectivity index (χ0) is 24.3. The van der Waals surface area contributed by atoms with E-state index in [0.717, 1.165) is 12.8 Å². The maximum absolute atomic E-state index is 13.1. The Bertz CT molecular complexity index is 901. The maximum Gasteiger partial charge on any atom is 0.387 e. The summed E-state index contributed by atoms with van der Waals surface area (Å²) in [6, 6.07) is 2.93. The molecule has 9 nitrogen and oxygen atoms in total. The molecule has 3 N–H and O–H groups in total. The highest BCUT2D eigenvalue weighted by molar-refractivity contribution is 6.10. The third-order valence-corrected chi connectivity index (χ3v) is 5.24. The van der Waals surface area contributed by atoms with E-state index in [0.29, 0.717) is 6.54 Å². The lowest BCUT2D eigenvalue weighted by atomic mass is 9.94. The van der Waals surface area contributed by atoms with Gasteiger partial charge in [-0.05, 0) is 30.4 Å². The molecule has 2 aliphatic rings. The number of alkyl halides is 2. The largest absolute Gasteiger partial charge is 0.433 e. The van der Waals surface area contributed by atoms with Crippen molar-refractivity contribution in [3.05, 3.63) is 18.2 Å². The van der Waals surface area contributed by atoms with Crippen molar-refractivity contribution < 1.29 is 32.6 Å². The molecule has 1 saturated heterocycles. The van der Waals surface area contributed by atoms with Gasteiger partial charge in [0.25, 0.3) is 11.8 Å². The molecule has 0 radical (unpaired) electrons. The molecule has 3 amide bonds. The monoisotopic (exact) mass is 468 g/mol. The molecule has 1 aromatic rings. The van der Waals surface area contributed by atoms with Gasteiger partial charge in [0.1, 0.15) is 6.61 Å². The van der Waals surface area contributed by atoms with E-state index in [2.05, 4.69) is 10.1 Å². The second-order valence-corrected chi connectivity index (χ2v) is 9.42. The lowest BCUT2D eigenvalue weighted by Crippen LogP contribution is -2.55. The van der Waals surface area contributed by atoms with Crippen LogP contribution in [-0.2, 0) is 19.1 Å². The topological polar surface area (TPSA) is 114 Å². The number of amides is 3. The molecule has 11 heteroatoms. The normalized spacial score (nSPS) is 17.9. The summed E-state index contributed by atoms with van der Waals surface area (Å²) in [7, 11) is 0. The number of carbonyl (C=O) groups excluding carboxylic acids is 3. The molecule has 1 aliphatic carbocycles. The second kappa shape index (κ2) is 10.0. The molecular formula is C22H30F2N4O5. The second-order valence-electron chi connectivity index (χ2n) is 9.42. The van der Waals surface area contributed by atoms with Crippen molar-refractivity contribution in [2.24, 2.45) is 11.1 Å². The van der Waals surface area contributed by atoms with E-state index in [1.54, 1.807) is 4.90 Å². The number of nitrogens with one attached hydrogen (secondary N) is 1. The first-order valence-electron chi connectivity index (χ1n) is 10.8. The Hall–Kier alpha value is -2.79. The molecule has 182 valence electrons. The molecular weight excluding hydrogens is 438 g/mol. The van der Waals surface area contributed by atoms with E-state index in [-0.39, 0.29) is 48.3 Å². The van der Waals surface area contributed by atoms with Crippen molar-refractivity contribution >= 4 is 29.1 Å². The summed E-state index contributed by atoms with van der Waals surface area (Å²) < 4.78 is 35.8. The number of morpholine rings is 1. The number of primary amides is 1. The third-order valence-electron chi connectivity index (χ3n) is 5.24. The van der Waals surface area contributed by atoms with E-state index in [1.807, 2.05) is 20.8 Å². The van der Waals surface area contributed by atoms with Gasteiger partial charge in [-0.3, -0.25) is 19.3 Å². The zero-order valence-corrected chi connectivity index (χ0v) is 19.0. The first-order valence-corrected chi connectivity index (χ1v) is 10.8. The van der Waals surface area contributed by atoms with Crippen molar-refractivity contribution in [3.63, 3.8) is 0 Å². The van der Waals surface area contributed by atoms with Crippen LogP contribution >= 0.6 is 0 Å². The van der Waals surface area contributed by atoms with E-state index in [1.165, 1.54) is 23.1 Å². The van der Waals surface area contributed by atoms with Crippen LogP contribution in [-0.4, -0.2) is 67.6 Å². The van der Waals surface area contributed by atoms with Gasteiger partial charge in [-0.1, -0.05) is 20.8 Å². The van der Waals surface area contributed by atoms with Gasteiger partial charge >= 0.3 is 6.61 Å². The molecule has 1 aromatic carbocycles. The maximum atomic E-state index is 13.1. The molecule has 0 unspecified atom stereocenters. The van der Waals surface area contributed by atoms with E-state index < -0.39 is 30.4 Å². The molecule has 1 heterocycles. The molecule has 0 aromatic heterocycles. The highest BCUT2D eigenvalue weighted by Gasteiger charge is 2.42. The molecule has 33 heavy (non-hydrogen) atoms. The van der Waals surface area contributed by atoms with Crippen LogP contribution in [0.4, 0.5) is 20.2 Å². The number of rotatable bonds is 9. The van der Waals surface area contributed by atoms with Gasteiger partial charge < -0.3 is 25.4 Å². The van der Waals surface area contributed by atoms with Crippen LogP contribution in [0.3, 0.4) is 0 Å². The lowest BCUT2D eigenvalue weighted by molar-refractivity contribution is -0.133. The van der Waals surface area contributed by atoms with Gasteiger partial charge in [0.2, 0.25) is 5.91 Å². The minimum absolute atomic E-state index is 0.0833. The van der Waals surface area contributed by atoms with Gasteiger partial charge in [-0.25, -0.2) is 0 Å². The molecule has 1 aliphatic heterocycles. The Morgan fingerprint density at radius 2 is 2.03 bits per heavy atom. The molecule has 0 spiro atoms. The van der Waals surface area contributed by atoms with Crippen LogP contribution in [0.15, 0.2) is 18.2 Å². The molecule has 3 rings (SSSR count). The highest BCUT2D eigenvalue weighted by Crippen LogP contribution is 2.35.